The van der Waals surface area contributed by atoms with Crippen molar-refractivity contribution in [3.8, 4) is 0 Å². The van der Waals surface area contributed by atoms with Gasteiger partial charge in [-0.3, -0.25) is 0 Å². The molecule has 0 aliphatic heterocycles. The number of hydrazine groups is 1. The largest absolute Gasteiger partial charge is 0.349 e. The quantitative estimate of drug-likeness (QED) is 0.705. The molecule has 0 saturated heterocycles. The number of hydrogen-bond acceptors (Lipinski definition) is 4. The highest BCUT2D eigenvalue weighted by molar-refractivity contribution is 7.89. The van der Waals surface area contributed by atoms with Crippen LogP contribution in [0.3, 0.4) is 0 Å². The van der Waals surface area contributed by atoms with E-state index in [1.165, 1.54) is 5.01 Å². The van der Waals surface area contributed by atoms with Crippen molar-refractivity contribution >= 4 is 10.0 Å². The molecule has 0 spiro atoms. The zero-order valence-electron chi connectivity index (χ0n) is 11.4. The Morgan fingerprint density at radius 3 is 2.56 bits per heavy atom. The van der Waals surface area contributed by atoms with Crippen molar-refractivity contribution in [2.75, 3.05) is 21.1 Å². The van der Waals surface area contributed by atoms with Crippen LogP contribution in [0.15, 0.2) is 17.2 Å². The number of aromatic nitrogens is 1. The normalized spacial score (nSPS) is 12.3. The lowest BCUT2D eigenvalue weighted by Crippen LogP contribution is -2.35. The Balaban J connectivity index is 3.06. The number of aryl methyl sites for hydroxylation is 1. The summed E-state index contributed by atoms with van der Waals surface area (Å²) in [5, 5.41) is 4.46. The van der Waals surface area contributed by atoms with Crippen molar-refractivity contribution in [2.24, 2.45) is 0 Å². The Bertz CT molecular complexity index is 456. The molecular formula is C11H22N4O2S. The van der Waals surface area contributed by atoms with Crippen LogP contribution in [0.25, 0.3) is 0 Å². The van der Waals surface area contributed by atoms with Gasteiger partial charge in [0.1, 0.15) is 4.90 Å². The standard InChI is InChI=1S/C11H22N4O2S/c1-5-6-15-9-11(7-10(15)8-12-2)18(16,17)13-14(3)4/h7,9,12-13H,5-6,8H2,1-4H3. The van der Waals surface area contributed by atoms with Crippen molar-refractivity contribution in [2.45, 2.75) is 31.3 Å². The molecule has 0 unspecified atom stereocenters. The molecule has 1 heterocycles. The van der Waals surface area contributed by atoms with E-state index in [4.69, 9.17) is 0 Å². The van der Waals surface area contributed by atoms with Crippen LogP contribution in [0.1, 0.15) is 19.0 Å². The van der Waals surface area contributed by atoms with E-state index in [2.05, 4.69) is 17.1 Å². The van der Waals surface area contributed by atoms with Crippen molar-refractivity contribution < 1.29 is 8.42 Å². The van der Waals surface area contributed by atoms with Gasteiger partial charge in [-0.05, 0) is 19.5 Å². The van der Waals surface area contributed by atoms with Crippen LogP contribution in [-0.4, -0.2) is 39.1 Å². The average molecular weight is 274 g/mol. The molecule has 0 amide bonds. The fourth-order valence-electron chi connectivity index (χ4n) is 1.74. The van der Waals surface area contributed by atoms with E-state index in [1.807, 2.05) is 11.6 Å². The van der Waals surface area contributed by atoms with E-state index < -0.39 is 10.0 Å². The van der Waals surface area contributed by atoms with E-state index in [1.54, 1.807) is 26.4 Å². The fraction of sp³-hybridized carbons (Fsp3) is 0.636. The zero-order chi connectivity index (χ0) is 13.8. The Kier molecular flexibility index (Phi) is 5.33. The minimum absolute atomic E-state index is 0.301. The maximum absolute atomic E-state index is 12.0. The minimum Gasteiger partial charge on any atom is -0.349 e. The van der Waals surface area contributed by atoms with Crippen LogP contribution in [0.2, 0.25) is 0 Å². The zero-order valence-corrected chi connectivity index (χ0v) is 12.2. The van der Waals surface area contributed by atoms with Gasteiger partial charge in [-0.15, -0.1) is 4.83 Å². The van der Waals surface area contributed by atoms with Gasteiger partial charge in [0.05, 0.1) is 0 Å². The summed E-state index contributed by atoms with van der Waals surface area (Å²) in [6.45, 7) is 3.53. The third-order valence-corrected chi connectivity index (χ3v) is 3.85. The number of nitrogens with one attached hydrogen (secondary N) is 2. The summed E-state index contributed by atoms with van der Waals surface area (Å²) in [4.78, 5) is 2.73. The molecule has 0 aliphatic rings. The van der Waals surface area contributed by atoms with Gasteiger partial charge in [0.2, 0.25) is 0 Å². The molecule has 18 heavy (non-hydrogen) atoms. The molecule has 104 valence electrons. The lowest BCUT2D eigenvalue weighted by atomic mass is 10.4. The fourth-order valence-corrected chi connectivity index (χ4v) is 2.89. The van der Waals surface area contributed by atoms with E-state index >= 15 is 0 Å². The molecule has 1 aromatic rings. The van der Waals surface area contributed by atoms with Crippen LogP contribution < -0.4 is 10.1 Å². The summed E-state index contributed by atoms with van der Waals surface area (Å²) in [7, 11) is 1.67. The Morgan fingerprint density at radius 2 is 2.06 bits per heavy atom. The summed E-state index contributed by atoms with van der Waals surface area (Å²) in [5.74, 6) is 0. The summed E-state index contributed by atoms with van der Waals surface area (Å²) >= 11 is 0. The lowest BCUT2D eigenvalue weighted by Gasteiger charge is -2.10. The summed E-state index contributed by atoms with van der Waals surface area (Å²) in [6, 6.07) is 1.71. The second kappa shape index (κ2) is 6.33. The first-order valence-corrected chi connectivity index (χ1v) is 7.42. The van der Waals surface area contributed by atoms with E-state index in [0.29, 0.717) is 11.4 Å². The lowest BCUT2D eigenvalue weighted by molar-refractivity contribution is 0.364. The molecule has 0 saturated carbocycles. The van der Waals surface area contributed by atoms with E-state index in [9.17, 15) is 8.42 Å². The van der Waals surface area contributed by atoms with Crippen LogP contribution >= 0.6 is 0 Å². The molecule has 1 aromatic heterocycles. The maximum atomic E-state index is 12.0. The second-order valence-electron chi connectivity index (χ2n) is 4.38. The van der Waals surface area contributed by atoms with Crippen LogP contribution in [0.5, 0.6) is 0 Å². The van der Waals surface area contributed by atoms with Gasteiger partial charge in [0.15, 0.2) is 0 Å². The number of nitrogens with zero attached hydrogens (tertiary/aromatic N) is 2. The maximum Gasteiger partial charge on any atom is 0.254 e. The Labute approximate surface area is 109 Å². The molecule has 0 bridgehead atoms. The van der Waals surface area contributed by atoms with Crippen molar-refractivity contribution in [3.05, 3.63) is 18.0 Å². The first-order chi connectivity index (χ1) is 8.40. The molecular weight excluding hydrogens is 252 g/mol. The van der Waals surface area contributed by atoms with Crippen LogP contribution in [0, 0.1) is 0 Å². The third kappa shape index (κ3) is 3.81. The van der Waals surface area contributed by atoms with Crippen molar-refractivity contribution in [1.82, 2.24) is 19.7 Å². The first-order valence-electron chi connectivity index (χ1n) is 5.94. The Hall–Kier alpha value is -0.890. The first kappa shape index (κ1) is 15.2. The molecule has 0 atom stereocenters. The van der Waals surface area contributed by atoms with Gasteiger partial charge in [-0.1, -0.05) is 6.92 Å². The van der Waals surface area contributed by atoms with Gasteiger partial charge in [-0.2, -0.15) is 0 Å². The molecule has 0 aromatic carbocycles. The highest BCUT2D eigenvalue weighted by atomic mass is 32.2. The highest BCUT2D eigenvalue weighted by Gasteiger charge is 2.18. The third-order valence-electron chi connectivity index (χ3n) is 2.40. The molecule has 0 radical (unpaired) electrons. The average Bonchev–Trinajstić information content (AvgIpc) is 2.62. The minimum atomic E-state index is -3.47. The van der Waals surface area contributed by atoms with Gasteiger partial charge < -0.3 is 9.88 Å². The molecule has 0 fully saturated rings. The number of hydrogen-bond donors (Lipinski definition) is 2. The van der Waals surface area contributed by atoms with Crippen LogP contribution in [0.4, 0.5) is 0 Å². The van der Waals surface area contributed by atoms with Gasteiger partial charge in [0, 0.05) is 39.1 Å². The SMILES string of the molecule is CCCn1cc(S(=O)(=O)NN(C)C)cc1CNC. The van der Waals surface area contributed by atoms with Gasteiger partial charge in [0.25, 0.3) is 10.0 Å². The molecule has 0 aliphatic carbocycles. The monoisotopic (exact) mass is 274 g/mol. The van der Waals surface area contributed by atoms with Crippen molar-refractivity contribution in [3.63, 3.8) is 0 Å². The van der Waals surface area contributed by atoms with Gasteiger partial charge >= 0.3 is 0 Å². The number of sulfonamides is 1. The highest BCUT2D eigenvalue weighted by Crippen LogP contribution is 2.15. The molecule has 7 heteroatoms. The predicted molar refractivity (Wildman–Crippen MR) is 71.5 cm³/mol. The van der Waals surface area contributed by atoms with E-state index in [-0.39, 0.29) is 0 Å². The van der Waals surface area contributed by atoms with Gasteiger partial charge in [-0.25, -0.2) is 13.4 Å². The molecule has 6 nitrogen and oxygen atoms in total. The summed E-state index contributed by atoms with van der Waals surface area (Å²) in [5.41, 5.74) is 0.971. The Morgan fingerprint density at radius 1 is 1.39 bits per heavy atom. The van der Waals surface area contributed by atoms with Crippen molar-refractivity contribution in [1.29, 1.82) is 0 Å². The summed E-state index contributed by atoms with van der Waals surface area (Å²) in [6.07, 6.45) is 2.65. The topological polar surface area (TPSA) is 66.4 Å². The number of rotatable bonds is 7. The summed E-state index contributed by atoms with van der Waals surface area (Å²) < 4.78 is 26.0. The smallest absolute Gasteiger partial charge is 0.254 e. The predicted octanol–water partition coefficient (Wildman–Crippen LogP) is 0.372. The second-order valence-corrected chi connectivity index (χ2v) is 6.04. The molecule has 1 rings (SSSR count). The van der Waals surface area contributed by atoms with E-state index in [0.717, 1.165) is 18.7 Å². The molecule has 2 N–H and O–H groups in total. The van der Waals surface area contributed by atoms with Crippen LogP contribution in [-0.2, 0) is 23.1 Å².